The van der Waals surface area contributed by atoms with E-state index in [-0.39, 0.29) is 42.7 Å². The van der Waals surface area contributed by atoms with Gasteiger partial charge in [0, 0.05) is 50.8 Å². The molecule has 0 radical (unpaired) electrons. The van der Waals surface area contributed by atoms with Gasteiger partial charge in [-0.2, -0.15) is 9.97 Å². The van der Waals surface area contributed by atoms with Gasteiger partial charge in [0.25, 0.3) is 5.92 Å². The highest BCUT2D eigenvalue weighted by atomic mass is 19.3. The van der Waals surface area contributed by atoms with Crippen molar-refractivity contribution in [2.45, 2.75) is 81.5 Å². The summed E-state index contributed by atoms with van der Waals surface area (Å²) in [5.74, 6) is -3.37. The number of ether oxygens (including phenoxy) is 3. The van der Waals surface area contributed by atoms with Crippen LogP contribution in [0.3, 0.4) is 0 Å². The molecular weight excluding hydrogens is 734 g/mol. The number of rotatable bonds is 4. The summed E-state index contributed by atoms with van der Waals surface area (Å²) in [5.41, 5.74) is -0.233. The van der Waals surface area contributed by atoms with Crippen molar-refractivity contribution in [2.75, 3.05) is 57.4 Å². The molecule has 12 nitrogen and oxygen atoms in total. The molecule has 296 valence electrons. The molecule has 2 aromatic carbocycles. The zero-order valence-corrected chi connectivity index (χ0v) is 31.1. The van der Waals surface area contributed by atoms with E-state index in [2.05, 4.69) is 20.2 Å². The summed E-state index contributed by atoms with van der Waals surface area (Å²) in [4.78, 5) is 45.4. The third-order valence-electron chi connectivity index (χ3n) is 12.0. The molecule has 4 aromatic rings. The number of nitrogens with zero attached hydrogens (tertiary/aromatic N) is 6. The van der Waals surface area contributed by atoms with Gasteiger partial charge in [0.15, 0.2) is 5.82 Å². The van der Waals surface area contributed by atoms with Crippen LogP contribution < -0.4 is 19.7 Å². The molecule has 0 saturated carbocycles. The van der Waals surface area contributed by atoms with E-state index in [0.717, 1.165) is 29.8 Å². The second kappa shape index (κ2) is 13.9. The van der Waals surface area contributed by atoms with Gasteiger partial charge in [-0.05, 0) is 80.5 Å². The number of halogens is 4. The van der Waals surface area contributed by atoms with Gasteiger partial charge >= 0.3 is 18.2 Å². The number of carbonyl (C=O) groups excluding carboxylic acids is 2. The van der Waals surface area contributed by atoms with Crippen molar-refractivity contribution in [3.05, 3.63) is 47.9 Å². The standard InChI is InChI=1S/C40H43F4N7O5/c1-38-9-4-12-49(21-38)34-29-19-45-32(31(42)33(29)46-35(47-34)55-23-39-10-5-13-51(39)20-26(41)18-39)28-17-27(56-37(53)50-14-11-40(43,44)22-50)16-25-7-2-6-24(30(25)28)8-3-15-54-36(52)48-38/h2,6-7,16-17,19,26H,3-5,8-15,18,20-23H2,1H3,(H,48,52)/t26-,38-,39+/m1/s1. The van der Waals surface area contributed by atoms with Gasteiger partial charge in [0.2, 0.25) is 0 Å². The van der Waals surface area contributed by atoms with Crippen LogP contribution in [0.2, 0.25) is 0 Å². The number of alkyl carbamates (subject to hydrolysis) is 1. The van der Waals surface area contributed by atoms with E-state index in [0.29, 0.717) is 79.3 Å². The molecule has 6 aliphatic rings. The molecule has 8 heterocycles. The van der Waals surface area contributed by atoms with Crippen LogP contribution in [0, 0.1) is 5.82 Å². The minimum absolute atomic E-state index is 0.0279. The van der Waals surface area contributed by atoms with Gasteiger partial charge in [-0.3, -0.25) is 9.88 Å². The predicted octanol–water partition coefficient (Wildman–Crippen LogP) is 6.81. The summed E-state index contributed by atoms with van der Waals surface area (Å²) in [5, 5.41) is 4.59. The number of alkyl halides is 3. The van der Waals surface area contributed by atoms with E-state index >= 15 is 4.39 Å². The van der Waals surface area contributed by atoms with E-state index in [1.54, 1.807) is 12.1 Å². The molecule has 56 heavy (non-hydrogen) atoms. The quantitative estimate of drug-likeness (QED) is 0.221. The number of piperidine rings is 1. The zero-order valence-electron chi connectivity index (χ0n) is 31.1. The molecule has 3 atom stereocenters. The Balaban J connectivity index is 1.19. The number of amides is 2. The molecule has 6 aliphatic heterocycles. The van der Waals surface area contributed by atoms with Crippen molar-refractivity contribution in [3.63, 3.8) is 0 Å². The minimum Gasteiger partial charge on any atom is -0.461 e. The smallest absolute Gasteiger partial charge is 0.415 e. The first-order valence-corrected chi connectivity index (χ1v) is 19.4. The number of aryl methyl sites for hydroxylation is 1. The fourth-order valence-corrected chi connectivity index (χ4v) is 9.38. The number of benzene rings is 2. The van der Waals surface area contributed by atoms with E-state index in [1.807, 2.05) is 24.0 Å². The molecular formula is C40H43F4N7O5. The number of hydrogen-bond acceptors (Lipinski definition) is 10. The van der Waals surface area contributed by atoms with Crippen LogP contribution in [0.1, 0.15) is 57.4 Å². The number of nitrogens with one attached hydrogen (secondary N) is 1. The molecule has 2 aromatic heterocycles. The lowest BCUT2D eigenvalue weighted by Gasteiger charge is -2.41. The van der Waals surface area contributed by atoms with Crippen LogP contribution in [-0.4, -0.2) is 113 Å². The van der Waals surface area contributed by atoms with Crippen LogP contribution in [-0.2, 0) is 11.2 Å². The highest BCUT2D eigenvalue weighted by Crippen LogP contribution is 2.42. The molecule has 0 aliphatic carbocycles. The monoisotopic (exact) mass is 777 g/mol. The Labute approximate surface area is 320 Å². The lowest BCUT2D eigenvalue weighted by atomic mass is 9.91. The molecule has 1 N–H and O–H groups in total. The second-order valence-electron chi connectivity index (χ2n) is 16.2. The Morgan fingerprint density at radius 1 is 1.07 bits per heavy atom. The van der Waals surface area contributed by atoms with Crippen LogP contribution in [0.5, 0.6) is 11.8 Å². The van der Waals surface area contributed by atoms with Crippen molar-refractivity contribution < 1.29 is 41.4 Å². The van der Waals surface area contributed by atoms with E-state index in [9.17, 15) is 22.8 Å². The fraction of sp³-hybridized carbons (Fsp3) is 0.525. The number of likely N-dealkylation sites (tertiary alicyclic amines) is 1. The van der Waals surface area contributed by atoms with Crippen molar-refractivity contribution >= 4 is 39.7 Å². The van der Waals surface area contributed by atoms with Gasteiger partial charge in [0.05, 0.1) is 29.6 Å². The molecule has 0 unspecified atom stereocenters. The third-order valence-corrected chi connectivity index (χ3v) is 12.0. The van der Waals surface area contributed by atoms with Gasteiger partial charge in [-0.25, -0.2) is 27.2 Å². The lowest BCUT2D eigenvalue weighted by molar-refractivity contribution is 0.0134. The van der Waals surface area contributed by atoms with Crippen LogP contribution in [0.4, 0.5) is 33.0 Å². The first-order valence-electron chi connectivity index (χ1n) is 19.4. The van der Waals surface area contributed by atoms with Gasteiger partial charge in [-0.1, -0.05) is 18.2 Å². The maximum atomic E-state index is 17.4. The SMILES string of the molecule is C[C@@]12CCCN(C1)c1nc(OC[C@@]34CCCN3C[C@H](F)C4)nc3c(F)c(ncc13)-c1cc(OC(=O)N3CCC(F)(F)C3)cc3cccc(c13)CCCOC(=O)N2. The number of carbonyl (C=O) groups is 2. The van der Waals surface area contributed by atoms with Crippen LogP contribution in [0.25, 0.3) is 32.9 Å². The van der Waals surface area contributed by atoms with Crippen molar-refractivity contribution in [2.24, 2.45) is 0 Å². The summed E-state index contributed by atoms with van der Waals surface area (Å²) in [7, 11) is 0. The normalized spacial score (nSPS) is 26.4. The Kier molecular flexibility index (Phi) is 9.08. The van der Waals surface area contributed by atoms with Gasteiger partial charge < -0.3 is 29.3 Å². The summed E-state index contributed by atoms with van der Waals surface area (Å²) >= 11 is 0. The molecule has 2 amide bonds. The summed E-state index contributed by atoms with van der Waals surface area (Å²) in [6.45, 7) is 3.27. The Hall–Kier alpha value is -4.99. The number of fused-ring (bicyclic) bond motifs is 7. The molecule has 16 heteroatoms. The molecule has 4 saturated heterocycles. The Morgan fingerprint density at radius 3 is 2.77 bits per heavy atom. The topological polar surface area (TPSA) is 122 Å². The highest BCUT2D eigenvalue weighted by Gasteiger charge is 2.49. The minimum atomic E-state index is -3.01. The Bertz CT molecular complexity index is 2230. The predicted molar refractivity (Wildman–Crippen MR) is 199 cm³/mol. The molecule has 10 rings (SSSR count). The third kappa shape index (κ3) is 6.79. The fourth-order valence-electron chi connectivity index (χ4n) is 9.38. The number of anilines is 1. The van der Waals surface area contributed by atoms with Gasteiger partial charge in [-0.15, -0.1) is 0 Å². The lowest BCUT2D eigenvalue weighted by Crippen LogP contribution is -2.57. The number of aromatic nitrogens is 3. The van der Waals surface area contributed by atoms with E-state index in [4.69, 9.17) is 19.2 Å². The van der Waals surface area contributed by atoms with Gasteiger partial charge in [0.1, 0.15) is 35.6 Å². The number of pyridine rings is 1. The number of hydrogen-bond donors (Lipinski definition) is 1. The van der Waals surface area contributed by atoms with Crippen molar-refractivity contribution in [1.82, 2.24) is 30.1 Å². The summed E-state index contributed by atoms with van der Waals surface area (Å²) < 4.78 is 77.7. The maximum Gasteiger partial charge on any atom is 0.415 e. The average Bonchev–Trinajstić information content (AvgIpc) is 3.82. The van der Waals surface area contributed by atoms with Crippen LogP contribution in [0.15, 0.2) is 36.5 Å². The van der Waals surface area contributed by atoms with E-state index in [1.165, 1.54) is 12.3 Å². The second-order valence-corrected chi connectivity index (χ2v) is 16.2. The highest BCUT2D eigenvalue weighted by molar-refractivity contribution is 6.02. The maximum absolute atomic E-state index is 17.4. The largest absolute Gasteiger partial charge is 0.461 e. The van der Waals surface area contributed by atoms with E-state index < -0.39 is 54.1 Å². The van der Waals surface area contributed by atoms with Crippen LogP contribution >= 0.6 is 0 Å². The average molecular weight is 778 g/mol. The van der Waals surface area contributed by atoms with Crippen molar-refractivity contribution in [1.29, 1.82) is 0 Å². The molecule has 6 bridgehead atoms. The summed E-state index contributed by atoms with van der Waals surface area (Å²) in [6.07, 6.45) is 2.88. The first-order chi connectivity index (χ1) is 26.9. The molecule has 4 fully saturated rings. The molecule has 0 spiro atoms. The Morgan fingerprint density at radius 2 is 1.93 bits per heavy atom. The zero-order chi connectivity index (χ0) is 38.8. The first kappa shape index (κ1) is 36.6. The van der Waals surface area contributed by atoms with Crippen molar-refractivity contribution in [3.8, 4) is 23.0 Å². The summed E-state index contributed by atoms with van der Waals surface area (Å²) in [6, 6.07) is 8.51.